The molecule has 0 aliphatic rings. The molecule has 0 bridgehead atoms. The summed E-state index contributed by atoms with van der Waals surface area (Å²) in [4.78, 5) is 3.47. The first-order chi connectivity index (χ1) is 11.4. The van der Waals surface area contributed by atoms with Gasteiger partial charge in [0.1, 0.15) is 0 Å². The Morgan fingerprint density at radius 2 is 1.04 bits per heavy atom. The van der Waals surface area contributed by atoms with Crippen LogP contribution in [0.4, 0.5) is 0 Å². The maximum Gasteiger partial charge on any atom is 0.0471 e. The topological polar surface area (TPSA) is 15.8 Å². The zero-order valence-corrected chi connectivity index (χ0v) is 12.7. The number of aromatic nitrogens is 1. The summed E-state index contributed by atoms with van der Waals surface area (Å²) >= 11 is 0. The predicted octanol–water partition coefficient (Wildman–Crippen LogP) is 6.16. The molecule has 0 amide bonds. The fraction of sp³-hybridized carbons (Fsp3) is 0. The molecule has 5 aromatic rings. The van der Waals surface area contributed by atoms with E-state index in [1.165, 1.54) is 32.6 Å². The Morgan fingerprint density at radius 1 is 0.435 bits per heavy atom. The summed E-state index contributed by atoms with van der Waals surface area (Å²) in [6, 6.07) is 33.4. The third-order valence-electron chi connectivity index (χ3n) is 4.06. The molecule has 0 unspecified atom stereocenters. The van der Waals surface area contributed by atoms with Crippen LogP contribution in [0.1, 0.15) is 0 Å². The molecule has 1 aromatic heterocycles. The SMILES string of the molecule is c1ccc2c(c1)ccc1[nH]c3ccccc3c12.c1ccccc1. The number of benzene rings is 4. The van der Waals surface area contributed by atoms with Gasteiger partial charge in [-0.05, 0) is 22.9 Å². The van der Waals surface area contributed by atoms with Crippen molar-refractivity contribution < 1.29 is 0 Å². The summed E-state index contributed by atoms with van der Waals surface area (Å²) in [6.07, 6.45) is 0. The van der Waals surface area contributed by atoms with Gasteiger partial charge in [0, 0.05) is 21.8 Å². The van der Waals surface area contributed by atoms with Crippen LogP contribution in [0.2, 0.25) is 0 Å². The lowest BCUT2D eigenvalue weighted by molar-refractivity contribution is 1.55. The van der Waals surface area contributed by atoms with Crippen LogP contribution >= 0.6 is 0 Å². The van der Waals surface area contributed by atoms with Crippen molar-refractivity contribution in [2.24, 2.45) is 0 Å². The van der Waals surface area contributed by atoms with Crippen molar-refractivity contribution in [2.75, 3.05) is 0 Å². The van der Waals surface area contributed by atoms with Crippen molar-refractivity contribution in [3.05, 3.63) is 97.1 Å². The summed E-state index contributed by atoms with van der Waals surface area (Å²) < 4.78 is 0. The van der Waals surface area contributed by atoms with Crippen molar-refractivity contribution in [3.8, 4) is 0 Å². The molecule has 110 valence electrons. The van der Waals surface area contributed by atoms with Crippen molar-refractivity contribution >= 4 is 32.6 Å². The molecular weight excluding hydrogens is 278 g/mol. The van der Waals surface area contributed by atoms with E-state index in [4.69, 9.17) is 0 Å². The van der Waals surface area contributed by atoms with Gasteiger partial charge >= 0.3 is 0 Å². The van der Waals surface area contributed by atoms with Gasteiger partial charge in [0.25, 0.3) is 0 Å². The number of hydrogen-bond acceptors (Lipinski definition) is 0. The first-order valence-electron chi connectivity index (χ1n) is 7.82. The van der Waals surface area contributed by atoms with Gasteiger partial charge in [-0.15, -0.1) is 0 Å². The number of hydrogen-bond donors (Lipinski definition) is 1. The molecule has 0 fully saturated rings. The van der Waals surface area contributed by atoms with Crippen molar-refractivity contribution in [1.82, 2.24) is 4.98 Å². The molecule has 0 aliphatic heterocycles. The normalized spacial score (nSPS) is 10.6. The van der Waals surface area contributed by atoms with Crippen molar-refractivity contribution in [3.63, 3.8) is 0 Å². The van der Waals surface area contributed by atoms with E-state index in [1.54, 1.807) is 0 Å². The number of H-pyrrole nitrogens is 1. The number of fused-ring (bicyclic) bond motifs is 5. The maximum absolute atomic E-state index is 3.47. The molecule has 0 saturated carbocycles. The average Bonchev–Trinajstić information content (AvgIpc) is 3.03. The number of para-hydroxylation sites is 1. The fourth-order valence-electron chi connectivity index (χ4n) is 3.01. The molecule has 0 aliphatic carbocycles. The summed E-state index contributed by atoms with van der Waals surface area (Å²) in [5, 5.41) is 5.25. The lowest BCUT2D eigenvalue weighted by Gasteiger charge is -1.99. The van der Waals surface area contributed by atoms with Gasteiger partial charge in [0.2, 0.25) is 0 Å². The molecule has 1 N–H and O–H groups in total. The second kappa shape index (κ2) is 5.98. The van der Waals surface area contributed by atoms with Crippen LogP contribution in [0.25, 0.3) is 32.6 Å². The van der Waals surface area contributed by atoms with Gasteiger partial charge in [-0.3, -0.25) is 0 Å². The fourth-order valence-corrected chi connectivity index (χ4v) is 3.01. The molecule has 5 rings (SSSR count). The summed E-state index contributed by atoms with van der Waals surface area (Å²) in [5.41, 5.74) is 2.42. The van der Waals surface area contributed by atoms with Gasteiger partial charge in [0.05, 0.1) is 0 Å². The van der Waals surface area contributed by atoms with E-state index in [0.717, 1.165) is 0 Å². The zero-order valence-electron chi connectivity index (χ0n) is 12.7. The quantitative estimate of drug-likeness (QED) is 0.352. The van der Waals surface area contributed by atoms with E-state index in [-0.39, 0.29) is 0 Å². The monoisotopic (exact) mass is 295 g/mol. The zero-order chi connectivity index (χ0) is 15.5. The highest BCUT2D eigenvalue weighted by atomic mass is 14.7. The molecular formula is C22H17N. The number of rotatable bonds is 0. The molecule has 1 heterocycles. The minimum absolute atomic E-state index is 1.21. The Labute approximate surface area is 135 Å². The van der Waals surface area contributed by atoms with E-state index >= 15 is 0 Å². The summed E-state index contributed by atoms with van der Waals surface area (Å²) in [6.45, 7) is 0. The molecule has 0 atom stereocenters. The minimum Gasteiger partial charge on any atom is -0.354 e. The van der Waals surface area contributed by atoms with E-state index in [2.05, 4.69) is 65.6 Å². The largest absolute Gasteiger partial charge is 0.354 e. The van der Waals surface area contributed by atoms with Crippen LogP contribution in [0.5, 0.6) is 0 Å². The van der Waals surface area contributed by atoms with E-state index in [1.807, 2.05) is 36.4 Å². The average molecular weight is 295 g/mol. The lowest BCUT2D eigenvalue weighted by atomic mass is 10.0. The first kappa shape index (κ1) is 13.6. The summed E-state index contributed by atoms with van der Waals surface area (Å²) in [7, 11) is 0. The van der Waals surface area contributed by atoms with E-state index in [9.17, 15) is 0 Å². The highest BCUT2D eigenvalue weighted by molar-refractivity contribution is 6.20. The van der Waals surface area contributed by atoms with Crippen LogP contribution in [0.3, 0.4) is 0 Å². The van der Waals surface area contributed by atoms with Crippen molar-refractivity contribution in [1.29, 1.82) is 0 Å². The maximum atomic E-state index is 3.47. The summed E-state index contributed by atoms with van der Waals surface area (Å²) in [5.74, 6) is 0. The Morgan fingerprint density at radius 3 is 1.78 bits per heavy atom. The molecule has 0 spiro atoms. The third kappa shape index (κ3) is 2.58. The molecule has 1 nitrogen and oxygen atoms in total. The highest BCUT2D eigenvalue weighted by Crippen LogP contribution is 2.31. The molecule has 0 saturated heterocycles. The van der Waals surface area contributed by atoms with Crippen LogP contribution in [-0.2, 0) is 0 Å². The Bertz CT molecular complexity index is 1030. The van der Waals surface area contributed by atoms with Crippen LogP contribution in [0, 0.1) is 0 Å². The van der Waals surface area contributed by atoms with Gasteiger partial charge in [-0.25, -0.2) is 0 Å². The molecule has 1 heteroatoms. The number of aromatic amines is 1. The molecule has 4 aromatic carbocycles. The Hall–Kier alpha value is -3.06. The third-order valence-corrected chi connectivity index (χ3v) is 4.06. The minimum atomic E-state index is 1.21. The Balaban J connectivity index is 0.000000192. The second-order valence-corrected chi connectivity index (χ2v) is 5.53. The van der Waals surface area contributed by atoms with Crippen LogP contribution < -0.4 is 0 Å². The first-order valence-corrected chi connectivity index (χ1v) is 7.82. The van der Waals surface area contributed by atoms with Crippen LogP contribution in [-0.4, -0.2) is 4.98 Å². The highest BCUT2D eigenvalue weighted by Gasteiger charge is 2.06. The van der Waals surface area contributed by atoms with E-state index < -0.39 is 0 Å². The smallest absolute Gasteiger partial charge is 0.0471 e. The van der Waals surface area contributed by atoms with Gasteiger partial charge in [0.15, 0.2) is 0 Å². The standard InChI is InChI=1S/C16H11N.C6H6/c1-2-6-12-11(5-1)9-10-15-16(12)13-7-3-4-8-14(13)17-15;1-2-4-6-5-3-1/h1-10,17H;1-6H. The van der Waals surface area contributed by atoms with Crippen LogP contribution in [0.15, 0.2) is 97.1 Å². The Kier molecular flexibility index (Phi) is 3.53. The molecule has 23 heavy (non-hydrogen) atoms. The second-order valence-electron chi connectivity index (χ2n) is 5.53. The van der Waals surface area contributed by atoms with Crippen molar-refractivity contribution in [2.45, 2.75) is 0 Å². The van der Waals surface area contributed by atoms with Gasteiger partial charge in [-0.1, -0.05) is 84.9 Å². The molecule has 0 radical (unpaired) electrons. The predicted molar refractivity (Wildman–Crippen MR) is 99.8 cm³/mol. The van der Waals surface area contributed by atoms with Gasteiger partial charge in [-0.2, -0.15) is 0 Å². The van der Waals surface area contributed by atoms with Gasteiger partial charge < -0.3 is 4.98 Å². The lowest BCUT2D eigenvalue weighted by Crippen LogP contribution is -1.73. The van der Waals surface area contributed by atoms with E-state index in [0.29, 0.717) is 0 Å². The number of nitrogens with one attached hydrogen (secondary N) is 1.